The molecule has 2 atom stereocenters. The van der Waals surface area contributed by atoms with Crippen LogP contribution in [0, 0.1) is 0 Å². The fraction of sp³-hybridized carbons (Fsp3) is 0.600. The smallest absolute Gasteiger partial charge is 0.117 e. The molecule has 0 aromatic heterocycles. The maximum atomic E-state index is 5.71. The van der Waals surface area contributed by atoms with Crippen LogP contribution in [0.5, 0.6) is 0 Å². The highest BCUT2D eigenvalue weighted by Gasteiger charge is 2.08. The molecule has 0 aromatic carbocycles. The molecule has 0 radical (unpaired) electrons. The molecule has 2 unspecified atom stereocenters. The van der Waals surface area contributed by atoms with Crippen molar-refractivity contribution in [2.75, 3.05) is 0 Å². The molecule has 0 amide bonds. The summed E-state index contributed by atoms with van der Waals surface area (Å²) in [6.45, 7) is 4.04. The second kappa shape index (κ2) is 4.31. The fourth-order valence-electron chi connectivity index (χ4n) is 1.12. The average Bonchev–Trinajstić information content (AvgIpc) is 2.06. The van der Waals surface area contributed by atoms with Gasteiger partial charge in [0.05, 0.1) is 6.26 Å². The third kappa shape index (κ3) is 2.70. The van der Waals surface area contributed by atoms with E-state index in [-0.39, 0.29) is 12.1 Å². The first kappa shape index (κ1) is 9.33. The summed E-state index contributed by atoms with van der Waals surface area (Å²) in [6, 6.07) is 0.138. The van der Waals surface area contributed by atoms with E-state index in [1.807, 2.05) is 19.9 Å². The highest BCUT2D eigenvalue weighted by atomic mass is 16.5. The topological polar surface area (TPSA) is 35.2 Å². The Labute approximate surface area is 74.1 Å². The van der Waals surface area contributed by atoms with Gasteiger partial charge in [0.25, 0.3) is 0 Å². The number of ether oxygens (including phenoxy) is 1. The van der Waals surface area contributed by atoms with E-state index in [0.29, 0.717) is 0 Å². The fourth-order valence-corrected chi connectivity index (χ4v) is 1.12. The molecule has 0 saturated carbocycles. The summed E-state index contributed by atoms with van der Waals surface area (Å²) in [6.07, 6.45) is 8.35. The summed E-state index contributed by atoms with van der Waals surface area (Å²) < 4.78 is 5.39. The van der Waals surface area contributed by atoms with Crippen LogP contribution in [-0.4, -0.2) is 12.1 Å². The van der Waals surface area contributed by atoms with Crippen LogP contribution in [0.4, 0.5) is 0 Å². The summed E-state index contributed by atoms with van der Waals surface area (Å²) >= 11 is 0. The predicted molar refractivity (Wildman–Crippen MR) is 50.7 cm³/mol. The molecule has 2 N–H and O–H groups in total. The van der Waals surface area contributed by atoms with E-state index in [2.05, 4.69) is 6.08 Å². The lowest BCUT2D eigenvalue weighted by Gasteiger charge is -2.17. The van der Waals surface area contributed by atoms with Crippen LogP contribution in [0.2, 0.25) is 0 Å². The molecule has 0 fully saturated rings. The van der Waals surface area contributed by atoms with Gasteiger partial charge in [0.2, 0.25) is 0 Å². The monoisotopic (exact) mass is 167 g/mol. The Kier molecular flexibility index (Phi) is 3.35. The Balaban J connectivity index is 2.48. The zero-order valence-electron chi connectivity index (χ0n) is 7.79. The number of nitrogens with two attached hydrogens (primary N) is 1. The molecule has 0 saturated heterocycles. The predicted octanol–water partition coefficient (Wildman–Crippen LogP) is 1.97. The molecule has 1 aliphatic rings. The van der Waals surface area contributed by atoms with E-state index in [1.165, 1.54) is 5.57 Å². The first-order chi connectivity index (χ1) is 5.70. The first-order valence-corrected chi connectivity index (χ1v) is 4.44. The minimum absolute atomic E-state index is 0.138. The van der Waals surface area contributed by atoms with Gasteiger partial charge in [-0.25, -0.2) is 0 Å². The lowest BCUT2D eigenvalue weighted by molar-refractivity contribution is 0.164. The second-order valence-electron chi connectivity index (χ2n) is 3.32. The summed E-state index contributed by atoms with van der Waals surface area (Å²) in [5.41, 5.74) is 6.92. The van der Waals surface area contributed by atoms with Crippen molar-refractivity contribution in [1.82, 2.24) is 0 Å². The van der Waals surface area contributed by atoms with Gasteiger partial charge < -0.3 is 10.5 Å². The Morgan fingerprint density at radius 2 is 2.50 bits per heavy atom. The van der Waals surface area contributed by atoms with Crippen molar-refractivity contribution < 1.29 is 4.74 Å². The van der Waals surface area contributed by atoms with E-state index >= 15 is 0 Å². The summed E-state index contributed by atoms with van der Waals surface area (Å²) in [4.78, 5) is 0. The van der Waals surface area contributed by atoms with E-state index < -0.39 is 0 Å². The molecule has 1 aliphatic heterocycles. The van der Waals surface area contributed by atoms with Crippen LogP contribution in [-0.2, 0) is 4.74 Å². The SMILES string of the molecule is C/C(=C\C1CCC=CO1)C(C)N. The summed E-state index contributed by atoms with van der Waals surface area (Å²) in [5.74, 6) is 0. The maximum Gasteiger partial charge on any atom is 0.117 e. The van der Waals surface area contributed by atoms with Crippen molar-refractivity contribution >= 4 is 0 Å². The molecule has 2 heteroatoms. The third-order valence-corrected chi connectivity index (χ3v) is 2.13. The van der Waals surface area contributed by atoms with Crippen LogP contribution in [0.3, 0.4) is 0 Å². The molecular formula is C10H17NO. The van der Waals surface area contributed by atoms with Gasteiger partial charge in [-0.05, 0) is 38.8 Å². The van der Waals surface area contributed by atoms with Gasteiger partial charge >= 0.3 is 0 Å². The van der Waals surface area contributed by atoms with Crippen molar-refractivity contribution in [2.24, 2.45) is 5.73 Å². The van der Waals surface area contributed by atoms with Crippen molar-refractivity contribution in [2.45, 2.75) is 38.8 Å². The van der Waals surface area contributed by atoms with Crippen LogP contribution < -0.4 is 5.73 Å². The second-order valence-corrected chi connectivity index (χ2v) is 3.32. The Bertz CT molecular complexity index is 194. The van der Waals surface area contributed by atoms with Crippen LogP contribution in [0.15, 0.2) is 24.0 Å². The van der Waals surface area contributed by atoms with Gasteiger partial charge in [-0.1, -0.05) is 5.57 Å². The molecule has 12 heavy (non-hydrogen) atoms. The normalized spacial score (nSPS) is 26.6. The minimum atomic E-state index is 0.138. The number of rotatable bonds is 2. The highest BCUT2D eigenvalue weighted by molar-refractivity contribution is 5.09. The molecule has 2 nitrogen and oxygen atoms in total. The third-order valence-electron chi connectivity index (χ3n) is 2.13. The lowest BCUT2D eigenvalue weighted by atomic mass is 10.1. The Morgan fingerprint density at radius 3 is 3.00 bits per heavy atom. The van der Waals surface area contributed by atoms with E-state index in [4.69, 9.17) is 10.5 Å². The van der Waals surface area contributed by atoms with Crippen molar-refractivity contribution in [3.05, 3.63) is 24.0 Å². The van der Waals surface area contributed by atoms with Gasteiger partial charge in [0, 0.05) is 6.04 Å². The zero-order chi connectivity index (χ0) is 8.97. The molecule has 0 aromatic rings. The summed E-state index contributed by atoms with van der Waals surface area (Å²) in [5, 5.41) is 0. The standard InChI is InChI=1S/C10H17NO/c1-8(9(2)11)7-10-5-3-4-6-12-10/h4,6-7,9-10H,3,5,11H2,1-2H3/b8-7+. The Hall–Kier alpha value is -0.760. The van der Waals surface area contributed by atoms with E-state index in [1.54, 1.807) is 6.26 Å². The van der Waals surface area contributed by atoms with Crippen LogP contribution in [0.1, 0.15) is 26.7 Å². The molecule has 0 aliphatic carbocycles. The van der Waals surface area contributed by atoms with Crippen LogP contribution >= 0.6 is 0 Å². The lowest BCUT2D eigenvalue weighted by Crippen LogP contribution is -2.19. The molecular weight excluding hydrogens is 150 g/mol. The molecule has 1 heterocycles. The zero-order valence-corrected chi connectivity index (χ0v) is 7.79. The Morgan fingerprint density at radius 1 is 1.75 bits per heavy atom. The van der Waals surface area contributed by atoms with Crippen molar-refractivity contribution in [3.63, 3.8) is 0 Å². The number of hydrogen-bond donors (Lipinski definition) is 1. The largest absolute Gasteiger partial charge is 0.494 e. The van der Waals surface area contributed by atoms with Gasteiger partial charge in [-0.2, -0.15) is 0 Å². The van der Waals surface area contributed by atoms with Gasteiger partial charge in [-0.3, -0.25) is 0 Å². The quantitative estimate of drug-likeness (QED) is 0.638. The van der Waals surface area contributed by atoms with Crippen molar-refractivity contribution in [3.8, 4) is 0 Å². The van der Waals surface area contributed by atoms with Gasteiger partial charge in [-0.15, -0.1) is 0 Å². The first-order valence-electron chi connectivity index (χ1n) is 4.44. The molecule has 0 bridgehead atoms. The molecule has 1 rings (SSSR count). The van der Waals surface area contributed by atoms with E-state index in [0.717, 1.165) is 12.8 Å². The molecule has 0 spiro atoms. The maximum absolute atomic E-state index is 5.71. The highest BCUT2D eigenvalue weighted by Crippen LogP contribution is 2.13. The van der Waals surface area contributed by atoms with Gasteiger partial charge in [0.1, 0.15) is 6.10 Å². The minimum Gasteiger partial charge on any atom is -0.494 e. The average molecular weight is 167 g/mol. The number of hydrogen-bond acceptors (Lipinski definition) is 2. The summed E-state index contributed by atoms with van der Waals surface area (Å²) in [7, 11) is 0. The van der Waals surface area contributed by atoms with Crippen LogP contribution in [0.25, 0.3) is 0 Å². The van der Waals surface area contributed by atoms with Crippen molar-refractivity contribution in [1.29, 1.82) is 0 Å². The van der Waals surface area contributed by atoms with E-state index in [9.17, 15) is 0 Å². The number of allylic oxidation sites excluding steroid dienone is 1. The van der Waals surface area contributed by atoms with Gasteiger partial charge in [0.15, 0.2) is 0 Å². The molecule has 68 valence electrons.